The summed E-state index contributed by atoms with van der Waals surface area (Å²) in [7, 11) is -2.78. The number of nitrogens with one attached hydrogen (secondary N) is 1. The van der Waals surface area contributed by atoms with Gasteiger partial charge in [0, 0.05) is 12.6 Å². The first-order valence-corrected chi connectivity index (χ1v) is 14.9. The van der Waals surface area contributed by atoms with Crippen LogP contribution in [0.1, 0.15) is 32.8 Å². The molecule has 8 nitrogen and oxygen atoms in total. The van der Waals surface area contributed by atoms with Gasteiger partial charge in [-0.15, -0.1) is 0 Å². The molecule has 0 aromatic heterocycles. The Morgan fingerprint density at radius 1 is 0.950 bits per heavy atom. The molecular formula is C29H33Cl2N3O5S. The van der Waals surface area contributed by atoms with Crippen LogP contribution in [0.3, 0.4) is 0 Å². The van der Waals surface area contributed by atoms with Gasteiger partial charge in [0.15, 0.2) is 0 Å². The van der Waals surface area contributed by atoms with Gasteiger partial charge in [-0.1, -0.05) is 66.5 Å². The van der Waals surface area contributed by atoms with E-state index in [-0.39, 0.29) is 34.8 Å². The number of carbonyl (C=O) groups is 2. The summed E-state index contributed by atoms with van der Waals surface area (Å²) in [6.45, 7) is 4.87. The molecule has 214 valence electrons. The van der Waals surface area contributed by atoms with Gasteiger partial charge in [-0.25, -0.2) is 8.42 Å². The quantitative estimate of drug-likeness (QED) is 0.293. The number of hydrogen-bond acceptors (Lipinski definition) is 5. The maximum atomic E-state index is 14.1. The van der Waals surface area contributed by atoms with Crippen LogP contribution in [-0.4, -0.2) is 50.9 Å². The highest BCUT2D eigenvalue weighted by molar-refractivity contribution is 7.92. The highest BCUT2D eigenvalue weighted by Crippen LogP contribution is 2.33. The minimum atomic E-state index is -4.21. The lowest BCUT2D eigenvalue weighted by atomic mass is 10.1. The Labute approximate surface area is 245 Å². The van der Waals surface area contributed by atoms with Crippen molar-refractivity contribution in [2.24, 2.45) is 0 Å². The summed E-state index contributed by atoms with van der Waals surface area (Å²) < 4.78 is 34.3. The lowest BCUT2D eigenvalue weighted by molar-refractivity contribution is -0.140. The van der Waals surface area contributed by atoms with Crippen LogP contribution in [0, 0.1) is 0 Å². The second kappa shape index (κ2) is 13.9. The number of benzene rings is 3. The van der Waals surface area contributed by atoms with Gasteiger partial charge >= 0.3 is 0 Å². The van der Waals surface area contributed by atoms with Crippen LogP contribution in [0.2, 0.25) is 10.0 Å². The average molecular weight is 607 g/mol. The number of amides is 2. The minimum Gasteiger partial charge on any atom is -0.495 e. The second-order valence-corrected chi connectivity index (χ2v) is 12.0. The molecule has 0 bridgehead atoms. The van der Waals surface area contributed by atoms with Gasteiger partial charge in [0.05, 0.1) is 27.7 Å². The predicted octanol–water partition coefficient (Wildman–Crippen LogP) is 5.53. The van der Waals surface area contributed by atoms with Crippen LogP contribution in [0.4, 0.5) is 5.69 Å². The van der Waals surface area contributed by atoms with E-state index in [0.29, 0.717) is 22.0 Å². The molecule has 0 aliphatic heterocycles. The fraction of sp³-hybridized carbons (Fsp3) is 0.310. The zero-order valence-corrected chi connectivity index (χ0v) is 25.1. The summed E-state index contributed by atoms with van der Waals surface area (Å²) in [6.07, 6.45) is 0.297. The zero-order valence-electron chi connectivity index (χ0n) is 22.8. The molecule has 3 aromatic carbocycles. The number of sulfonamides is 1. The number of carbonyl (C=O) groups excluding carboxylic acids is 2. The van der Waals surface area contributed by atoms with E-state index in [0.717, 1.165) is 4.31 Å². The Kier molecular flexibility index (Phi) is 10.8. The maximum absolute atomic E-state index is 14.1. The number of ether oxygens (including phenoxy) is 1. The predicted molar refractivity (Wildman–Crippen MR) is 158 cm³/mol. The van der Waals surface area contributed by atoms with Gasteiger partial charge < -0.3 is 15.0 Å². The highest BCUT2D eigenvalue weighted by atomic mass is 35.5. The molecular weight excluding hydrogens is 573 g/mol. The van der Waals surface area contributed by atoms with Crippen molar-refractivity contribution in [1.82, 2.24) is 10.2 Å². The van der Waals surface area contributed by atoms with Gasteiger partial charge in [0.1, 0.15) is 18.3 Å². The van der Waals surface area contributed by atoms with Crippen LogP contribution in [0.15, 0.2) is 77.7 Å². The molecule has 11 heteroatoms. The van der Waals surface area contributed by atoms with Crippen molar-refractivity contribution >= 4 is 50.7 Å². The Balaban J connectivity index is 2.10. The number of hydrogen-bond donors (Lipinski definition) is 1. The first-order chi connectivity index (χ1) is 19.0. The van der Waals surface area contributed by atoms with E-state index in [1.165, 1.54) is 24.1 Å². The number of halogens is 2. The second-order valence-electron chi connectivity index (χ2n) is 9.35. The first kappa shape index (κ1) is 31.3. The standard InChI is InChI=1S/C29H33Cl2N3O5S/c1-5-25(29(36)32-20(2)3)33(18-21-15-16-23(30)24(31)17-21)28(35)19-34(26-13-9-10-14-27(26)39-4)40(37,38)22-11-7-6-8-12-22/h6-17,20,25H,5,18-19H2,1-4H3,(H,32,36)/t25-/m0/s1. The van der Waals surface area contributed by atoms with Gasteiger partial charge in [0.25, 0.3) is 10.0 Å². The summed E-state index contributed by atoms with van der Waals surface area (Å²) in [5, 5.41) is 3.51. The molecule has 40 heavy (non-hydrogen) atoms. The molecule has 0 unspecified atom stereocenters. The smallest absolute Gasteiger partial charge is 0.264 e. The van der Waals surface area contributed by atoms with Crippen molar-refractivity contribution in [1.29, 1.82) is 0 Å². The average Bonchev–Trinajstić information content (AvgIpc) is 2.93. The number of anilines is 1. The summed E-state index contributed by atoms with van der Waals surface area (Å²) in [6, 6.07) is 18.3. The van der Waals surface area contributed by atoms with Gasteiger partial charge in [-0.2, -0.15) is 0 Å². The van der Waals surface area contributed by atoms with Crippen molar-refractivity contribution in [3.05, 3.63) is 88.4 Å². The van der Waals surface area contributed by atoms with Crippen LogP contribution >= 0.6 is 23.2 Å². The molecule has 0 aliphatic carbocycles. The van der Waals surface area contributed by atoms with E-state index in [1.54, 1.807) is 67.6 Å². The van der Waals surface area contributed by atoms with E-state index < -0.39 is 28.5 Å². The Hall–Kier alpha value is -3.27. The SMILES string of the molecule is CC[C@@H](C(=O)NC(C)C)N(Cc1ccc(Cl)c(Cl)c1)C(=O)CN(c1ccccc1OC)S(=O)(=O)c1ccccc1. The molecule has 1 N–H and O–H groups in total. The first-order valence-electron chi connectivity index (χ1n) is 12.7. The Bertz CT molecular complexity index is 1430. The van der Waals surface area contributed by atoms with Crippen molar-refractivity contribution in [3.8, 4) is 5.75 Å². The molecule has 0 saturated heterocycles. The largest absolute Gasteiger partial charge is 0.495 e. The van der Waals surface area contributed by atoms with Crippen molar-refractivity contribution < 1.29 is 22.7 Å². The summed E-state index contributed by atoms with van der Waals surface area (Å²) >= 11 is 12.3. The number of nitrogens with zero attached hydrogens (tertiary/aromatic N) is 2. The minimum absolute atomic E-state index is 0.00485. The van der Waals surface area contributed by atoms with Crippen LogP contribution in [-0.2, 0) is 26.2 Å². The molecule has 2 amide bonds. The van der Waals surface area contributed by atoms with Gasteiger partial charge in [-0.05, 0) is 62.2 Å². The molecule has 0 radical (unpaired) electrons. The van der Waals surface area contributed by atoms with Crippen LogP contribution in [0.25, 0.3) is 0 Å². The fourth-order valence-electron chi connectivity index (χ4n) is 4.20. The molecule has 0 spiro atoms. The Morgan fingerprint density at radius 3 is 2.20 bits per heavy atom. The molecule has 0 aliphatic rings. The van der Waals surface area contributed by atoms with E-state index in [4.69, 9.17) is 27.9 Å². The van der Waals surface area contributed by atoms with E-state index >= 15 is 0 Å². The topological polar surface area (TPSA) is 96.0 Å². The monoisotopic (exact) mass is 605 g/mol. The maximum Gasteiger partial charge on any atom is 0.264 e. The Morgan fingerprint density at radius 2 is 1.60 bits per heavy atom. The van der Waals surface area contributed by atoms with Gasteiger partial charge in [0.2, 0.25) is 11.8 Å². The van der Waals surface area contributed by atoms with Gasteiger partial charge in [-0.3, -0.25) is 13.9 Å². The number of para-hydroxylation sites is 2. The third kappa shape index (κ3) is 7.47. The van der Waals surface area contributed by atoms with Crippen molar-refractivity contribution in [2.45, 2.75) is 50.7 Å². The van der Waals surface area contributed by atoms with Crippen LogP contribution < -0.4 is 14.4 Å². The normalized spacial score (nSPS) is 12.1. The lowest BCUT2D eigenvalue weighted by Crippen LogP contribution is -2.53. The molecule has 3 rings (SSSR count). The zero-order chi connectivity index (χ0) is 29.4. The summed E-state index contributed by atoms with van der Waals surface area (Å²) in [5.41, 5.74) is 0.824. The highest BCUT2D eigenvalue weighted by Gasteiger charge is 2.34. The third-order valence-electron chi connectivity index (χ3n) is 6.12. The molecule has 0 saturated carbocycles. The fourth-order valence-corrected chi connectivity index (χ4v) is 5.97. The molecule has 0 heterocycles. The number of rotatable bonds is 12. The van der Waals surface area contributed by atoms with E-state index in [2.05, 4.69) is 5.32 Å². The van der Waals surface area contributed by atoms with E-state index in [9.17, 15) is 18.0 Å². The number of methoxy groups -OCH3 is 1. The van der Waals surface area contributed by atoms with E-state index in [1.807, 2.05) is 13.8 Å². The molecule has 1 atom stereocenters. The lowest BCUT2D eigenvalue weighted by Gasteiger charge is -2.34. The van der Waals surface area contributed by atoms with Crippen molar-refractivity contribution in [2.75, 3.05) is 18.0 Å². The molecule has 0 fully saturated rings. The van der Waals surface area contributed by atoms with Crippen LogP contribution in [0.5, 0.6) is 5.75 Å². The third-order valence-corrected chi connectivity index (χ3v) is 8.63. The summed E-state index contributed by atoms with van der Waals surface area (Å²) in [4.78, 5) is 28.7. The summed E-state index contributed by atoms with van der Waals surface area (Å²) in [5.74, 6) is -0.654. The molecule has 3 aromatic rings. The van der Waals surface area contributed by atoms with Crippen molar-refractivity contribution in [3.63, 3.8) is 0 Å².